The van der Waals surface area contributed by atoms with Crippen LogP contribution in [0.3, 0.4) is 0 Å². The van der Waals surface area contributed by atoms with Crippen molar-refractivity contribution in [3.05, 3.63) is 41.4 Å². The van der Waals surface area contributed by atoms with E-state index in [4.69, 9.17) is 17.3 Å². The third kappa shape index (κ3) is 3.54. The molecule has 0 atom stereocenters. The molecule has 2 N–H and O–H groups in total. The molecule has 0 fully saturated rings. The average Bonchev–Trinajstić information content (AvgIpc) is 2.22. The predicted molar refractivity (Wildman–Crippen MR) is 71.6 cm³/mol. The molecule has 0 saturated carbocycles. The van der Waals surface area contributed by atoms with E-state index in [-0.39, 0.29) is 0 Å². The Morgan fingerprint density at radius 3 is 2.69 bits per heavy atom. The Hall–Kier alpha value is -0.990. The topological polar surface area (TPSA) is 29.3 Å². The van der Waals surface area contributed by atoms with Crippen LogP contribution in [-0.4, -0.2) is 17.5 Å². The van der Waals surface area contributed by atoms with Crippen LogP contribution < -0.4 is 5.73 Å². The summed E-state index contributed by atoms with van der Waals surface area (Å²) in [4.78, 5) is 2.31. The van der Waals surface area contributed by atoms with Crippen LogP contribution in [0.1, 0.15) is 19.4 Å². The first-order valence-electron chi connectivity index (χ1n) is 5.43. The monoisotopic (exact) mass is 238 g/mol. The minimum atomic E-state index is 0.481. The third-order valence-electron chi connectivity index (χ3n) is 2.54. The van der Waals surface area contributed by atoms with E-state index in [9.17, 15) is 0 Å². The number of hydrogen-bond acceptors (Lipinski definition) is 2. The van der Waals surface area contributed by atoms with E-state index in [0.717, 1.165) is 13.1 Å². The van der Waals surface area contributed by atoms with Crippen molar-refractivity contribution in [2.75, 3.05) is 12.3 Å². The molecule has 1 aromatic rings. The number of nitrogens with two attached hydrogens (primary N) is 1. The maximum atomic E-state index is 5.99. The van der Waals surface area contributed by atoms with Gasteiger partial charge in [-0.05, 0) is 31.5 Å². The molecule has 0 aliphatic rings. The minimum absolute atomic E-state index is 0.481. The van der Waals surface area contributed by atoms with Crippen LogP contribution in [0, 0.1) is 0 Å². The van der Waals surface area contributed by atoms with Gasteiger partial charge < -0.3 is 5.73 Å². The standard InChI is InChI=1S/C13H19ClN2/c1-4-7-16(10(2)3)9-11-5-6-13(15)12(14)8-11/h4-6,8,10H,1,7,9,15H2,2-3H3. The van der Waals surface area contributed by atoms with Gasteiger partial charge in [0.25, 0.3) is 0 Å². The fourth-order valence-electron chi connectivity index (χ4n) is 1.53. The molecule has 0 bridgehead atoms. The summed E-state index contributed by atoms with van der Waals surface area (Å²) in [5.41, 5.74) is 7.48. The van der Waals surface area contributed by atoms with Crippen LogP contribution in [0.4, 0.5) is 5.69 Å². The van der Waals surface area contributed by atoms with Gasteiger partial charge in [0.1, 0.15) is 0 Å². The van der Waals surface area contributed by atoms with Crippen LogP contribution >= 0.6 is 11.6 Å². The van der Waals surface area contributed by atoms with Gasteiger partial charge in [-0.15, -0.1) is 6.58 Å². The number of halogens is 1. The third-order valence-corrected chi connectivity index (χ3v) is 2.87. The van der Waals surface area contributed by atoms with Gasteiger partial charge in [0, 0.05) is 19.1 Å². The molecule has 3 heteroatoms. The van der Waals surface area contributed by atoms with Crippen molar-refractivity contribution in [3.8, 4) is 0 Å². The summed E-state index contributed by atoms with van der Waals surface area (Å²) in [7, 11) is 0. The number of rotatable bonds is 5. The fourth-order valence-corrected chi connectivity index (χ4v) is 1.73. The Morgan fingerprint density at radius 1 is 1.50 bits per heavy atom. The highest BCUT2D eigenvalue weighted by Gasteiger charge is 2.08. The number of nitrogens with zero attached hydrogens (tertiary/aromatic N) is 1. The molecule has 0 aliphatic carbocycles. The maximum absolute atomic E-state index is 5.99. The Balaban J connectivity index is 2.77. The SMILES string of the molecule is C=CCN(Cc1ccc(N)c(Cl)c1)C(C)C. The Morgan fingerprint density at radius 2 is 2.19 bits per heavy atom. The minimum Gasteiger partial charge on any atom is -0.398 e. The van der Waals surface area contributed by atoms with Crippen molar-refractivity contribution in [1.82, 2.24) is 4.90 Å². The summed E-state index contributed by atoms with van der Waals surface area (Å²) < 4.78 is 0. The van der Waals surface area contributed by atoms with Gasteiger partial charge in [0.15, 0.2) is 0 Å². The molecular formula is C13H19ClN2. The number of hydrogen-bond donors (Lipinski definition) is 1. The first kappa shape index (κ1) is 13.1. The van der Waals surface area contributed by atoms with Crippen LogP contribution in [0.2, 0.25) is 5.02 Å². The number of benzene rings is 1. The van der Waals surface area contributed by atoms with Crippen LogP contribution in [0.5, 0.6) is 0 Å². The lowest BCUT2D eigenvalue weighted by atomic mass is 10.1. The van der Waals surface area contributed by atoms with E-state index >= 15 is 0 Å². The lowest BCUT2D eigenvalue weighted by Gasteiger charge is -2.25. The average molecular weight is 239 g/mol. The zero-order chi connectivity index (χ0) is 12.1. The molecule has 0 saturated heterocycles. The van der Waals surface area contributed by atoms with Gasteiger partial charge >= 0.3 is 0 Å². The molecule has 1 rings (SSSR count). The molecule has 0 aromatic heterocycles. The molecule has 0 aliphatic heterocycles. The summed E-state index contributed by atoms with van der Waals surface area (Å²) in [6, 6.07) is 6.27. The Bertz CT molecular complexity index is 361. The largest absolute Gasteiger partial charge is 0.398 e. The number of anilines is 1. The normalized spacial score (nSPS) is 11.1. The van der Waals surface area contributed by atoms with Crippen molar-refractivity contribution in [2.45, 2.75) is 26.4 Å². The van der Waals surface area contributed by atoms with Crippen molar-refractivity contribution in [2.24, 2.45) is 0 Å². The lowest BCUT2D eigenvalue weighted by Crippen LogP contribution is -2.30. The van der Waals surface area contributed by atoms with Crippen molar-refractivity contribution in [1.29, 1.82) is 0 Å². The smallest absolute Gasteiger partial charge is 0.0638 e. The van der Waals surface area contributed by atoms with Crippen LogP contribution in [-0.2, 0) is 6.54 Å². The van der Waals surface area contributed by atoms with Gasteiger partial charge in [0.2, 0.25) is 0 Å². The van der Waals surface area contributed by atoms with E-state index in [0.29, 0.717) is 16.8 Å². The fraction of sp³-hybridized carbons (Fsp3) is 0.385. The second-order valence-electron chi connectivity index (χ2n) is 4.17. The van der Waals surface area contributed by atoms with E-state index in [1.807, 2.05) is 24.3 Å². The molecule has 2 nitrogen and oxygen atoms in total. The van der Waals surface area contributed by atoms with Gasteiger partial charge in [-0.3, -0.25) is 4.90 Å². The molecule has 0 heterocycles. The maximum Gasteiger partial charge on any atom is 0.0638 e. The van der Waals surface area contributed by atoms with E-state index in [1.54, 1.807) is 0 Å². The van der Waals surface area contributed by atoms with Gasteiger partial charge in [0.05, 0.1) is 10.7 Å². The predicted octanol–water partition coefficient (Wildman–Crippen LogP) is 3.32. The quantitative estimate of drug-likeness (QED) is 0.630. The van der Waals surface area contributed by atoms with Crippen LogP contribution in [0.25, 0.3) is 0 Å². The molecule has 16 heavy (non-hydrogen) atoms. The van der Waals surface area contributed by atoms with Crippen molar-refractivity contribution >= 4 is 17.3 Å². The molecular weight excluding hydrogens is 220 g/mol. The van der Waals surface area contributed by atoms with Gasteiger partial charge in [-0.1, -0.05) is 23.7 Å². The summed E-state index contributed by atoms with van der Waals surface area (Å²) in [5.74, 6) is 0. The second kappa shape index (κ2) is 5.92. The number of nitrogen functional groups attached to an aromatic ring is 1. The summed E-state index contributed by atoms with van der Waals surface area (Å²) in [6.45, 7) is 9.85. The van der Waals surface area contributed by atoms with E-state index < -0.39 is 0 Å². The zero-order valence-electron chi connectivity index (χ0n) is 9.91. The molecule has 88 valence electrons. The highest BCUT2D eigenvalue weighted by Crippen LogP contribution is 2.21. The molecule has 0 amide bonds. The van der Waals surface area contributed by atoms with Crippen molar-refractivity contribution in [3.63, 3.8) is 0 Å². The van der Waals surface area contributed by atoms with Gasteiger partial charge in [-0.25, -0.2) is 0 Å². The molecule has 1 aromatic carbocycles. The molecule has 0 unspecified atom stereocenters. The second-order valence-corrected chi connectivity index (χ2v) is 4.57. The Kier molecular flexibility index (Phi) is 4.84. The first-order chi connectivity index (χ1) is 7.54. The van der Waals surface area contributed by atoms with Crippen molar-refractivity contribution < 1.29 is 0 Å². The Labute approximate surface area is 103 Å². The van der Waals surface area contributed by atoms with Gasteiger partial charge in [-0.2, -0.15) is 0 Å². The highest BCUT2D eigenvalue weighted by atomic mass is 35.5. The molecule has 0 radical (unpaired) electrons. The lowest BCUT2D eigenvalue weighted by molar-refractivity contribution is 0.237. The van der Waals surface area contributed by atoms with E-state index in [2.05, 4.69) is 25.3 Å². The summed E-state index contributed by atoms with van der Waals surface area (Å²) in [5, 5.41) is 0.625. The zero-order valence-corrected chi connectivity index (χ0v) is 10.7. The van der Waals surface area contributed by atoms with E-state index in [1.165, 1.54) is 5.56 Å². The first-order valence-corrected chi connectivity index (χ1v) is 5.81. The highest BCUT2D eigenvalue weighted by molar-refractivity contribution is 6.33. The summed E-state index contributed by atoms with van der Waals surface area (Å²) >= 11 is 5.99. The molecule has 0 spiro atoms. The summed E-state index contributed by atoms with van der Waals surface area (Å²) in [6.07, 6.45) is 1.92. The van der Waals surface area contributed by atoms with Crippen LogP contribution in [0.15, 0.2) is 30.9 Å².